The van der Waals surface area contributed by atoms with Crippen molar-refractivity contribution in [3.8, 4) is 0 Å². The number of benzene rings is 1. The lowest BCUT2D eigenvalue weighted by Crippen LogP contribution is -2.45. The van der Waals surface area contributed by atoms with E-state index in [2.05, 4.69) is 4.72 Å². The van der Waals surface area contributed by atoms with E-state index in [4.69, 9.17) is 9.47 Å². The molecule has 6 nitrogen and oxygen atoms in total. The maximum absolute atomic E-state index is 12.1. The molecule has 0 bridgehead atoms. The van der Waals surface area contributed by atoms with Crippen LogP contribution in [0.15, 0.2) is 30.3 Å². The second-order valence-electron chi connectivity index (χ2n) is 4.66. The first kappa shape index (κ1) is 15.4. The molecular weight excluding hydrogens is 280 g/mol. The van der Waals surface area contributed by atoms with Gasteiger partial charge in [-0.05, 0) is 5.56 Å². The van der Waals surface area contributed by atoms with Gasteiger partial charge in [-0.2, -0.15) is 17.4 Å². The van der Waals surface area contributed by atoms with Gasteiger partial charge in [0.15, 0.2) is 0 Å². The van der Waals surface area contributed by atoms with E-state index in [1.165, 1.54) is 11.4 Å². The van der Waals surface area contributed by atoms with E-state index >= 15 is 0 Å². The molecule has 0 radical (unpaired) electrons. The molecule has 1 aliphatic heterocycles. The molecule has 1 N–H and O–H groups in total. The smallest absolute Gasteiger partial charge is 0.279 e. The van der Waals surface area contributed by atoms with Crippen LogP contribution >= 0.6 is 0 Å². The maximum atomic E-state index is 12.1. The van der Waals surface area contributed by atoms with Crippen molar-refractivity contribution in [1.29, 1.82) is 0 Å². The van der Waals surface area contributed by atoms with Gasteiger partial charge in [0, 0.05) is 20.1 Å². The molecule has 0 amide bonds. The summed E-state index contributed by atoms with van der Waals surface area (Å²) in [5.74, 6) is 0. The zero-order valence-electron chi connectivity index (χ0n) is 11.5. The quantitative estimate of drug-likeness (QED) is 0.824. The van der Waals surface area contributed by atoms with Crippen LogP contribution in [0.1, 0.15) is 5.56 Å². The topological polar surface area (TPSA) is 67.9 Å². The lowest BCUT2D eigenvalue weighted by molar-refractivity contribution is -0.0909. The van der Waals surface area contributed by atoms with E-state index in [1.807, 2.05) is 30.3 Å². The average molecular weight is 300 g/mol. The van der Waals surface area contributed by atoms with E-state index in [9.17, 15) is 8.42 Å². The van der Waals surface area contributed by atoms with Crippen LogP contribution < -0.4 is 4.72 Å². The molecule has 1 fully saturated rings. The summed E-state index contributed by atoms with van der Waals surface area (Å²) < 4.78 is 38.7. The predicted molar refractivity (Wildman–Crippen MR) is 75.4 cm³/mol. The molecule has 7 heteroatoms. The molecule has 2 rings (SSSR count). The number of nitrogens with one attached hydrogen (secondary N) is 1. The van der Waals surface area contributed by atoms with Crippen LogP contribution in [-0.2, 0) is 26.2 Å². The summed E-state index contributed by atoms with van der Waals surface area (Å²) in [6.45, 7) is 2.06. The Labute approximate surface area is 119 Å². The summed E-state index contributed by atoms with van der Waals surface area (Å²) in [6.07, 6.45) is -0.206. The molecule has 0 aromatic heterocycles. The molecule has 1 aromatic rings. The second-order valence-corrected chi connectivity index (χ2v) is 6.52. The van der Waals surface area contributed by atoms with Crippen LogP contribution in [0.3, 0.4) is 0 Å². The van der Waals surface area contributed by atoms with Crippen molar-refractivity contribution in [2.75, 3.05) is 33.4 Å². The standard InChI is InChI=1S/C13H20N2O4S/c1-15(10-13-11-18-7-8-19-13)20(16,17)14-9-12-5-3-2-4-6-12/h2-6,13-14H,7-11H2,1H3/t13-/m0/s1. The van der Waals surface area contributed by atoms with Gasteiger partial charge in [0.1, 0.15) is 0 Å². The van der Waals surface area contributed by atoms with E-state index in [0.29, 0.717) is 19.8 Å². The lowest BCUT2D eigenvalue weighted by Gasteiger charge is -2.27. The Kier molecular flexibility index (Phi) is 5.50. The van der Waals surface area contributed by atoms with Crippen molar-refractivity contribution in [3.63, 3.8) is 0 Å². The van der Waals surface area contributed by atoms with Crippen molar-refractivity contribution in [2.45, 2.75) is 12.6 Å². The van der Waals surface area contributed by atoms with Gasteiger partial charge in [-0.1, -0.05) is 30.3 Å². The minimum atomic E-state index is -3.51. The Morgan fingerprint density at radius 1 is 1.30 bits per heavy atom. The summed E-state index contributed by atoms with van der Waals surface area (Å²) in [5, 5.41) is 0. The third-order valence-corrected chi connectivity index (χ3v) is 4.54. The molecular formula is C13H20N2O4S. The molecule has 1 aliphatic rings. The highest BCUT2D eigenvalue weighted by Crippen LogP contribution is 2.06. The number of likely N-dealkylation sites (N-methyl/N-ethyl adjacent to an activating group) is 1. The summed E-state index contributed by atoms with van der Waals surface area (Å²) in [4.78, 5) is 0. The summed E-state index contributed by atoms with van der Waals surface area (Å²) >= 11 is 0. The van der Waals surface area contributed by atoms with Crippen LogP contribution in [-0.4, -0.2) is 52.2 Å². The van der Waals surface area contributed by atoms with E-state index < -0.39 is 10.2 Å². The Hall–Kier alpha value is -0.990. The molecule has 1 heterocycles. The van der Waals surface area contributed by atoms with E-state index in [1.54, 1.807) is 0 Å². The van der Waals surface area contributed by atoms with Crippen molar-refractivity contribution >= 4 is 10.2 Å². The zero-order valence-corrected chi connectivity index (χ0v) is 12.3. The molecule has 1 atom stereocenters. The number of hydrogen-bond acceptors (Lipinski definition) is 4. The van der Waals surface area contributed by atoms with Gasteiger partial charge >= 0.3 is 0 Å². The monoisotopic (exact) mass is 300 g/mol. The van der Waals surface area contributed by atoms with Gasteiger partial charge in [0.2, 0.25) is 0 Å². The summed E-state index contributed by atoms with van der Waals surface area (Å²) in [5.41, 5.74) is 0.918. The molecule has 1 aromatic carbocycles. The first-order valence-electron chi connectivity index (χ1n) is 6.52. The predicted octanol–water partition coefficient (Wildman–Crippen LogP) is 0.368. The van der Waals surface area contributed by atoms with Crippen molar-refractivity contribution in [3.05, 3.63) is 35.9 Å². The highest BCUT2D eigenvalue weighted by molar-refractivity contribution is 7.87. The van der Waals surface area contributed by atoms with E-state index in [-0.39, 0.29) is 19.2 Å². The highest BCUT2D eigenvalue weighted by Gasteiger charge is 2.23. The summed E-state index contributed by atoms with van der Waals surface area (Å²) in [6, 6.07) is 9.40. The molecule has 0 aliphatic carbocycles. The number of hydrogen-bond donors (Lipinski definition) is 1. The number of rotatable bonds is 6. The number of nitrogens with zero attached hydrogens (tertiary/aromatic N) is 1. The lowest BCUT2D eigenvalue weighted by atomic mass is 10.2. The first-order chi connectivity index (χ1) is 9.58. The van der Waals surface area contributed by atoms with Crippen LogP contribution in [0, 0.1) is 0 Å². The first-order valence-corrected chi connectivity index (χ1v) is 7.96. The highest BCUT2D eigenvalue weighted by atomic mass is 32.2. The Bertz CT molecular complexity index is 500. The van der Waals surface area contributed by atoms with Gasteiger partial charge in [0.25, 0.3) is 10.2 Å². The van der Waals surface area contributed by atoms with Crippen LogP contribution in [0.25, 0.3) is 0 Å². The van der Waals surface area contributed by atoms with Gasteiger partial charge in [-0.25, -0.2) is 0 Å². The Morgan fingerprint density at radius 2 is 2.05 bits per heavy atom. The van der Waals surface area contributed by atoms with Crippen molar-refractivity contribution in [2.24, 2.45) is 0 Å². The summed E-state index contributed by atoms with van der Waals surface area (Å²) in [7, 11) is -1.98. The molecule has 0 saturated carbocycles. The fourth-order valence-electron chi connectivity index (χ4n) is 1.91. The van der Waals surface area contributed by atoms with Crippen molar-refractivity contribution < 1.29 is 17.9 Å². The molecule has 1 saturated heterocycles. The fraction of sp³-hybridized carbons (Fsp3) is 0.538. The zero-order chi connectivity index (χ0) is 14.4. The Balaban J connectivity index is 1.85. The van der Waals surface area contributed by atoms with Gasteiger partial charge < -0.3 is 9.47 Å². The third kappa shape index (κ3) is 4.53. The molecule has 0 unspecified atom stereocenters. The third-order valence-electron chi connectivity index (χ3n) is 3.06. The SMILES string of the molecule is CN(C[C@H]1COCCO1)S(=O)(=O)NCc1ccccc1. The van der Waals surface area contributed by atoms with Gasteiger partial charge in [0.05, 0.1) is 25.9 Å². The van der Waals surface area contributed by atoms with Gasteiger partial charge in [-0.15, -0.1) is 0 Å². The maximum Gasteiger partial charge on any atom is 0.279 e. The molecule has 0 spiro atoms. The van der Waals surface area contributed by atoms with Crippen molar-refractivity contribution in [1.82, 2.24) is 9.03 Å². The van der Waals surface area contributed by atoms with E-state index in [0.717, 1.165) is 5.56 Å². The number of ether oxygens (including phenoxy) is 2. The van der Waals surface area contributed by atoms with Crippen LogP contribution in [0.5, 0.6) is 0 Å². The minimum absolute atomic E-state index is 0.206. The average Bonchev–Trinajstić information content (AvgIpc) is 2.47. The fourth-order valence-corrected chi connectivity index (χ4v) is 2.84. The largest absolute Gasteiger partial charge is 0.376 e. The molecule has 20 heavy (non-hydrogen) atoms. The van der Waals surface area contributed by atoms with Crippen LogP contribution in [0.2, 0.25) is 0 Å². The Morgan fingerprint density at radius 3 is 2.70 bits per heavy atom. The van der Waals surface area contributed by atoms with Crippen LogP contribution in [0.4, 0.5) is 0 Å². The minimum Gasteiger partial charge on any atom is -0.376 e. The van der Waals surface area contributed by atoms with Gasteiger partial charge in [-0.3, -0.25) is 0 Å². The second kappa shape index (κ2) is 7.14. The normalized spacial score (nSPS) is 20.2. The molecule has 112 valence electrons.